The predicted octanol–water partition coefficient (Wildman–Crippen LogP) is -1.22. The van der Waals surface area contributed by atoms with Gasteiger partial charge in [0.2, 0.25) is 15.9 Å². The second-order valence-corrected chi connectivity index (χ2v) is 5.41. The van der Waals surface area contributed by atoms with E-state index in [0.717, 1.165) is 0 Å². The minimum atomic E-state index is -3.62. The van der Waals surface area contributed by atoms with Gasteiger partial charge in [-0.3, -0.25) is 4.68 Å². The summed E-state index contributed by atoms with van der Waals surface area (Å²) in [5.74, 6) is 0.360. The van der Waals surface area contributed by atoms with Gasteiger partial charge in [0.05, 0.1) is 19.3 Å². The molecule has 0 aliphatic rings. The highest BCUT2D eigenvalue weighted by atomic mass is 32.2. The summed E-state index contributed by atoms with van der Waals surface area (Å²) in [6.45, 7) is 0.291. The quantitative estimate of drug-likeness (QED) is 0.654. The van der Waals surface area contributed by atoms with Gasteiger partial charge in [0.1, 0.15) is 4.90 Å². The number of sulfonamides is 1. The van der Waals surface area contributed by atoms with E-state index in [0.29, 0.717) is 12.3 Å². The Balaban J connectivity index is 1.93. The highest BCUT2D eigenvalue weighted by molar-refractivity contribution is 7.89. The Bertz CT molecular complexity index is 606. The fourth-order valence-corrected chi connectivity index (χ4v) is 2.37. The average molecular weight is 287 g/mol. The Kier molecular flexibility index (Phi) is 4.24. The summed E-state index contributed by atoms with van der Waals surface area (Å²) in [5, 5.41) is 16.0. The third kappa shape index (κ3) is 3.59. The first kappa shape index (κ1) is 13.6. The van der Waals surface area contributed by atoms with E-state index in [1.165, 1.54) is 23.4 Å². The molecule has 0 saturated heterocycles. The summed E-state index contributed by atoms with van der Waals surface area (Å²) in [4.78, 5) is 3.83. The Morgan fingerprint density at radius 1 is 1.47 bits per heavy atom. The molecule has 0 bridgehead atoms. The molecule has 19 heavy (non-hydrogen) atoms. The van der Waals surface area contributed by atoms with Gasteiger partial charge in [0.15, 0.2) is 6.33 Å². The Morgan fingerprint density at radius 3 is 3.00 bits per heavy atom. The van der Waals surface area contributed by atoms with Gasteiger partial charge in [-0.2, -0.15) is 10.1 Å². The number of hydrogen-bond donors (Lipinski definition) is 2. The zero-order chi connectivity index (χ0) is 13.7. The molecule has 2 N–H and O–H groups in total. The van der Waals surface area contributed by atoms with Crippen molar-refractivity contribution in [2.45, 2.75) is 17.9 Å². The zero-order valence-electron chi connectivity index (χ0n) is 9.93. The summed E-state index contributed by atoms with van der Waals surface area (Å²) < 4.78 is 32.3. The minimum Gasteiger partial charge on any atom is -0.394 e. The van der Waals surface area contributed by atoms with Crippen molar-refractivity contribution in [3.63, 3.8) is 0 Å². The van der Waals surface area contributed by atoms with Crippen molar-refractivity contribution in [3.8, 4) is 0 Å². The maximum Gasteiger partial charge on any atom is 0.243 e. The van der Waals surface area contributed by atoms with Crippen LogP contribution in [0, 0.1) is 0 Å². The molecule has 0 aliphatic heterocycles. The molecule has 0 aromatic carbocycles. The topological polar surface area (TPSA) is 123 Å². The number of aromatic nitrogens is 4. The van der Waals surface area contributed by atoms with Crippen molar-refractivity contribution in [2.24, 2.45) is 0 Å². The van der Waals surface area contributed by atoms with Gasteiger partial charge < -0.3 is 9.63 Å². The van der Waals surface area contributed by atoms with E-state index in [1.54, 1.807) is 0 Å². The summed E-state index contributed by atoms with van der Waals surface area (Å²) in [6, 6.07) is 0. The molecule has 0 saturated carbocycles. The maximum absolute atomic E-state index is 11.9. The molecule has 0 amide bonds. The third-order valence-corrected chi connectivity index (χ3v) is 3.70. The van der Waals surface area contributed by atoms with Gasteiger partial charge in [-0.25, -0.2) is 13.1 Å². The first-order chi connectivity index (χ1) is 9.12. The summed E-state index contributed by atoms with van der Waals surface area (Å²) >= 11 is 0. The van der Waals surface area contributed by atoms with Crippen LogP contribution in [-0.4, -0.2) is 46.6 Å². The van der Waals surface area contributed by atoms with Crippen LogP contribution in [0.4, 0.5) is 0 Å². The van der Waals surface area contributed by atoms with Gasteiger partial charge in [0, 0.05) is 19.2 Å². The fraction of sp³-hybridized carbons (Fsp3) is 0.444. The van der Waals surface area contributed by atoms with E-state index in [1.807, 2.05) is 0 Å². The predicted molar refractivity (Wildman–Crippen MR) is 62.5 cm³/mol. The van der Waals surface area contributed by atoms with Crippen molar-refractivity contribution in [2.75, 3.05) is 13.2 Å². The van der Waals surface area contributed by atoms with Crippen molar-refractivity contribution >= 4 is 10.0 Å². The lowest BCUT2D eigenvalue weighted by Crippen LogP contribution is -2.25. The highest BCUT2D eigenvalue weighted by Crippen LogP contribution is 2.06. The van der Waals surface area contributed by atoms with Crippen LogP contribution in [0.2, 0.25) is 0 Å². The monoisotopic (exact) mass is 287 g/mol. The molecular formula is C9H13N5O4S. The molecule has 2 aromatic heterocycles. The Labute approximate surface area is 109 Å². The largest absolute Gasteiger partial charge is 0.394 e. The standard InChI is InChI=1S/C9H13N5O4S/c15-4-3-14-6-8(5-11-14)19(16,17)13-2-1-9-10-7-12-18-9/h5-7,13,15H,1-4H2. The van der Waals surface area contributed by atoms with Crippen LogP contribution >= 0.6 is 0 Å². The first-order valence-corrected chi connectivity index (χ1v) is 6.98. The number of rotatable bonds is 7. The van der Waals surface area contributed by atoms with E-state index >= 15 is 0 Å². The molecule has 2 rings (SSSR count). The van der Waals surface area contributed by atoms with E-state index in [4.69, 9.17) is 9.63 Å². The molecule has 0 atom stereocenters. The van der Waals surface area contributed by atoms with Crippen molar-refractivity contribution in [1.29, 1.82) is 0 Å². The third-order valence-electron chi connectivity index (χ3n) is 2.29. The highest BCUT2D eigenvalue weighted by Gasteiger charge is 2.16. The summed E-state index contributed by atoms with van der Waals surface area (Å²) in [7, 11) is -3.62. The second kappa shape index (κ2) is 5.91. The van der Waals surface area contributed by atoms with Crippen LogP contribution in [-0.2, 0) is 23.0 Å². The van der Waals surface area contributed by atoms with Gasteiger partial charge in [-0.15, -0.1) is 0 Å². The van der Waals surface area contributed by atoms with Crippen molar-refractivity contribution in [1.82, 2.24) is 24.6 Å². The molecule has 104 valence electrons. The second-order valence-electron chi connectivity index (χ2n) is 3.65. The number of nitrogens with one attached hydrogen (secondary N) is 1. The smallest absolute Gasteiger partial charge is 0.243 e. The van der Waals surface area contributed by atoms with Gasteiger partial charge in [0.25, 0.3) is 0 Å². The van der Waals surface area contributed by atoms with Crippen LogP contribution in [0.15, 0.2) is 28.1 Å². The zero-order valence-corrected chi connectivity index (χ0v) is 10.7. The molecule has 2 aromatic rings. The number of hydrogen-bond acceptors (Lipinski definition) is 7. The van der Waals surface area contributed by atoms with E-state index < -0.39 is 10.0 Å². The van der Waals surface area contributed by atoms with Crippen molar-refractivity contribution in [3.05, 3.63) is 24.6 Å². The van der Waals surface area contributed by atoms with Crippen molar-refractivity contribution < 1.29 is 18.0 Å². The fourth-order valence-electron chi connectivity index (χ4n) is 1.39. The number of aliphatic hydroxyl groups excluding tert-OH is 1. The molecule has 0 unspecified atom stereocenters. The molecular weight excluding hydrogens is 274 g/mol. The molecule has 0 aliphatic carbocycles. The first-order valence-electron chi connectivity index (χ1n) is 5.50. The van der Waals surface area contributed by atoms with Gasteiger partial charge >= 0.3 is 0 Å². The van der Waals surface area contributed by atoms with Crippen LogP contribution in [0.5, 0.6) is 0 Å². The minimum absolute atomic E-state index is 0.0477. The summed E-state index contributed by atoms with van der Waals surface area (Å²) in [6.07, 6.45) is 4.14. The Morgan fingerprint density at radius 2 is 2.32 bits per heavy atom. The molecule has 10 heteroatoms. The maximum atomic E-state index is 11.9. The van der Waals surface area contributed by atoms with Gasteiger partial charge in [-0.1, -0.05) is 5.16 Å². The summed E-state index contributed by atoms with van der Waals surface area (Å²) in [5.41, 5.74) is 0. The van der Waals surface area contributed by atoms with Crippen LogP contribution in [0.25, 0.3) is 0 Å². The lowest BCUT2D eigenvalue weighted by atomic mass is 10.4. The number of aliphatic hydroxyl groups is 1. The molecule has 0 fully saturated rings. The Hall–Kier alpha value is -1.78. The molecule has 2 heterocycles. The molecule has 0 spiro atoms. The lowest BCUT2D eigenvalue weighted by Gasteiger charge is -2.02. The normalized spacial score (nSPS) is 11.8. The molecule has 9 nitrogen and oxygen atoms in total. The van der Waals surface area contributed by atoms with E-state index in [2.05, 4.69) is 20.0 Å². The van der Waals surface area contributed by atoms with Gasteiger partial charge in [-0.05, 0) is 0 Å². The molecule has 0 radical (unpaired) electrons. The number of nitrogens with zero attached hydrogens (tertiary/aromatic N) is 4. The van der Waals surface area contributed by atoms with Crippen LogP contribution in [0.3, 0.4) is 0 Å². The van der Waals surface area contributed by atoms with E-state index in [-0.39, 0.29) is 24.6 Å². The lowest BCUT2D eigenvalue weighted by molar-refractivity contribution is 0.269. The van der Waals surface area contributed by atoms with Crippen LogP contribution < -0.4 is 4.72 Å². The average Bonchev–Trinajstić information content (AvgIpc) is 3.00. The van der Waals surface area contributed by atoms with Crippen LogP contribution in [0.1, 0.15) is 5.89 Å². The van der Waals surface area contributed by atoms with E-state index in [9.17, 15) is 8.42 Å². The SMILES string of the molecule is O=S(=O)(NCCc1ncno1)c1cnn(CCO)c1.